The highest BCUT2D eigenvalue weighted by Crippen LogP contribution is 2.65. The standard InChI is InChI=1S/C26H31NO3/c1-29-22-8-6-21(7-9-22)25-12-19-10-20(13-25)15-26(14-19,17-25)24(28)27-16-18-4-3-5-23(11-18)30-2/h3-9,11,19-20H,10,12-17H2,1-2H3,(H,27,28)/t19-,20+,25?,26?. The smallest absolute Gasteiger partial charge is 0.226 e. The summed E-state index contributed by atoms with van der Waals surface area (Å²) in [4.78, 5) is 13.5. The van der Waals surface area contributed by atoms with Crippen LogP contribution in [0.3, 0.4) is 0 Å². The molecule has 30 heavy (non-hydrogen) atoms. The Kier molecular flexibility index (Phi) is 4.76. The van der Waals surface area contributed by atoms with Gasteiger partial charge in [0.1, 0.15) is 11.5 Å². The number of hydrogen-bond acceptors (Lipinski definition) is 3. The van der Waals surface area contributed by atoms with Crippen LogP contribution in [0.4, 0.5) is 0 Å². The molecule has 4 bridgehead atoms. The summed E-state index contributed by atoms with van der Waals surface area (Å²) in [7, 11) is 3.38. The summed E-state index contributed by atoms with van der Waals surface area (Å²) in [5.41, 5.74) is 2.40. The second-order valence-electron chi connectivity index (χ2n) is 9.78. The highest BCUT2D eigenvalue weighted by atomic mass is 16.5. The topological polar surface area (TPSA) is 47.6 Å². The maximum atomic E-state index is 13.5. The lowest BCUT2D eigenvalue weighted by Crippen LogP contribution is -2.59. The minimum absolute atomic E-state index is 0.143. The molecule has 6 rings (SSSR count). The van der Waals surface area contributed by atoms with Gasteiger partial charge in [-0.1, -0.05) is 24.3 Å². The Morgan fingerprint density at radius 1 is 0.967 bits per heavy atom. The molecule has 0 saturated heterocycles. The maximum Gasteiger partial charge on any atom is 0.226 e. The fourth-order valence-corrected chi connectivity index (χ4v) is 6.96. The minimum Gasteiger partial charge on any atom is -0.497 e. The lowest BCUT2D eigenvalue weighted by Gasteiger charge is -2.61. The molecule has 2 aromatic carbocycles. The van der Waals surface area contributed by atoms with E-state index in [1.807, 2.05) is 24.3 Å². The van der Waals surface area contributed by atoms with Crippen LogP contribution in [0.2, 0.25) is 0 Å². The van der Waals surface area contributed by atoms with E-state index in [4.69, 9.17) is 9.47 Å². The Balaban J connectivity index is 1.37. The zero-order valence-electron chi connectivity index (χ0n) is 17.9. The predicted molar refractivity (Wildman–Crippen MR) is 117 cm³/mol. The molecule has 0 spiro atoms. The van der Waals surface area contributed by atoms with E-state index in [1.165, 1.54) is 24.8 Å². The second kappa shape index (κ2) is 7.33. The van der Waals surface area contributed by atoms with Crippen molar-refractivity contribution >= 4 is 5.91 Å². The summed E-state index contributed by atoms with van der Waals surface area (Å²) in [6.45, 7) is 0.558. The molecule has 4 aliphatic carbocycles. The zero-order valence-corrected chi connectivity index (χ0v) is 17.9. The lowest BCUT2D eigenvalue weighted by molar-refractivity contribution is -0.149. The number of rotatable bonds is 6. The van der Waals surface area contributed by atoms with Gasteiger partial charge in [0.25, 0.3) is 0 Å². The van der Waals surface area contributed by atoms with E-state index >= 15 is 0 Å². The van der Waals surface area contributed by atoms with Gasteiger partial charge in [-0.05, 0) is 91.2 Å². The number of hydrogen-bond donors (Lipinski definition) is 1. The molecule has 0 radical (unpaired) electrons. The highest BCUT2D eigenvalue weighted by Gasteiger charge is 2.60. The van der Waals surface area contributed by atoms with Gasteiger partial charge >= 0.3 is 0 Å². The van der Waals surface area contributed by atoms with Crippen molar-refractivity contribution in [1.29, 1.82) is 0 Å². The SMILES string of the molecule is COc1ccc(C23C[C@@H]4C[C@@H](CC(C(=O)NCc5cccc(OC)c5)(C4)C2)C3)cc1. The van der Waals surface area contributed by atoms with Gasteiger partial charge in [-0.15, -0.1) is 0 Å². The molecule has 1 amide bonds. The summed E-state index contributed by atoms with van der Waals surface area (Å²) in [5, 5.41) is 3.28. The summed E-state index contributed by atoms with van der Waals surface area (Å²) in [5.74, 6) is 3.30. The van der Waals surface area contributed by atoms with Gasteiger partial charge in [0.15, 0.2) is 0 Å². The van der Waals surface area contributed by atoms with E-state index in [0.29, 0.717) is 18.4 Å². The van der Waals surface area contributed by atoms with E-state index in [9.17, 15) is 4.79 Å². The fourth-order valence-electron chi connectivity index (χ4n) is 6.96. The van der Waals surface area contributed by atoms with E-state index < -0.39 is 0 Å². The minimum atomic E-state index is -0.219. The van der Waals surface area contributed by atoms with E-state index in [0.717, 1.165) is 36.3 Å². The van der Waals surface area contributed by atoms with Crippen LogP contribution in [-0.2, 0) is 16.8 Å². The molecule has 0 aliphatic heterocycles. The second-order valence-corrected chi connectivity index (χ2v) is 9.78. The van der Waals surface area contributed by atoms with Gasteiger partial charge in [0, 0.05) is 6.54 Å². The van der Waals surface area contributed by atoms with Crippen molar-refractivity contribution in [3.8, 4) is 11.5 Å². The average molecular weight is 406 g/mol. The molecule has 4 atom stereocenters. The normalized spacial score (nSPS) is 31.4. The summed E-state index contributed by atoms with van der Waals surface area (Å²) < 4.78 is 10.7. The summed E-state index contributed by atoms with van der Waals surface area (Å²) in [6.07, 6.45) is 6.81. The number of carbonyl (C=O) groups is 1. The van der Waals surface area contributed by atoms with E-state index in [-0.39, 0.29) is 16.7 Å². The van der Waals surface area contributed by atoms with Crippen LogP contribution in [0, 0.1) is 17.3 Å². The highest BCUT2D eigenvalue weighted by molar-refractivity contribution is 5.83. The Morgan fingerprint density at radius 2 is 1.67 bits per heavy atom. The molecule has 0 aromatic heterocycles. The molecule has 4 saturated carbocycles. The largest absolute Gasteiger partial charge is 0.497 e. The molecular weight excluding hydrogens is 374 g/mol. The van der Waals surface area contributed by atoms with Crippen molar-refractivity contribution < 1.29 is 14.3 Å². The van der Waals surface area contributed by atoms with Crippen molar-refractivity contribution in [2.75, 3.05) is 14.2 Å². The van der Waals surface area contributed by atoms with Crippen LogP contribution in [0.25, 0.3) is 0 Å². The van der Waals surface area contributed by atoms with Gasteiger partial charge in [-0.2, -0.15) is 0 Å². The number of nitrogens with one attached hydrogen (secondary N) is 1. The molecule has 4 nitrogen and oxygen atoms in total. The Labute approximate surface area is 179 Å². The number of ether oxygens (including phenoxy) is 2. The van der Waals surface area contributed by atoms with Crippen LogP contribution in [0.15, 0.2) is 48.5 Å². The Hall–Kier alpha value is -2.49. The predicted octanol–water partition coefficient (Wildman–Crippen LogP) is 4.86. The average Bonchev–Trinajstić information content (AvgIpc) is 2.76. The first-order chi connectivity index (χ1) is 14.5. The van der Waals surface area contributed by atoms with Crippen molar-refractivity contribution in [3.05, 3.63) is 59.7 Å². The third-order valence-corrected chi connectivity index (χ3v) is 7.83. The van der Waals surface area contributed by atoms with Crippen LogP contribution >= 0.6 is 0 Å². The third kappa shape index (κ3) is 3.27. The summed E-state index contributed by atoms with van der Waals surface area (Å²) in [6, 6.07) is 16.6. The molecule has 4 heteroatoms. The number of amides is 1. The van der Waals surface area contributed by atoms with Crippen molar-refractivity contribution in [2.45, 2.75) is 50.5 Å². The monoisotopic (exact) mass is 405 g/mol. The van der Waals surface area contributed by atoms with Crippen molar-refractivity contribution in [2.24, 2.45) is 17.3 Å². The van der Waals surface area contributed by atoms with Gasteiger partial charge < -0.3 is 14.8 Å². The van der Waals surface area contributed by atoms with Crippen LogP contribution < -0.4 is 14.8 Å². The quantitative estimate of drug-likeness (QED) is 0.747. The lowest BCUT2D eigenvalue weighted by atomic mass is 9.42. The van der Waals surface area contributed by atoms with Crippen LogP contribution in [0.1, 0.15) is 49.7 Å². The first kappa shape index (κ1) is 19.5. The van der Waals surface area contributed by atoms with Crippen LogP contribution in [-0.4, -0.2) is 20.1 Å². The fraction of sp³-hybridized carbons (Fsp3) is 0.500. The molecule has 158 valence electrons. The number of benzene rings is 2. The molecule has 1 N–H and O–H groups in total. The maximum absolute atomic E-state index is 13.5. The van der Waals surface area contributed by atoms with Gasteiger partial charge in [0.2, 0.25) is 5.91 Å². The Morgan fingerprint density at radius 3 is 2.33 bits per heavy atom. The molecule has 2 aromatic rings. The van der Waals surface area contributed by atoms with Crippen molar-refractivity contribution in [1.82, 2.24) is 5.32 Å². The molecule has 2 unspecified atom stereocenters. The third-order valence-electron chi connectivity index (χ3n) is 7.83. The zero-order chi connectivity index (χ0) is 20.8. The van der Waals surface area contributed by atoms with Gasteiger partial charge in [0.05, 0.1) is 19.6 Å². The first-order valence-electron chi connectivity index (χ1n) is 11.1. The van der Waals surface area contributed by atoms with E-state index in [1.54, 1.807) is 14.2 Å². The van der Waals surface area contributed by atoms with Crippen LogP contribution in [0.5, 0.6) is 11.5 Å². The molecule has 4 fully saturated rings. The molecule has 0 heterocycles. The number of carbonyl (C=O) groups excluding carboxylic acids is 1. The Bertz CT molecular complexity index is 922. The summed E-state index contributed by atoms with van der Waals surface area (Å²) >= 11 is 0. The van der Waals surface area contributed by atoms with E-state index in [2.05, 4.69) is 29.6 Å². The van der Waals surface area contributed by atoms with Crippen molar-refractivity contribution in [3.63, 3.8) is 0 Å². The van der Waals surface area contributed by atoms with Gasteiger partial charge in [-0.25, -0.2) is 0 Å². The first-order valence-corrected chi connectivity index (χ1v) is 11.1. The number of methoxy groups -OCH3 is 2. The van der Waals surface area contributed by atoms with Gasteiger partial charge in [-0.3, -0.25) is 4.79 Å². The molecular formula is C26H31NO3. The molecule has 4 aliphatic rings.